The van der Waals surface area contributed by atoms with Crippen molar-refractivity contribution in [2.45, 2.75) is 43.5 Å². The topological polar surface area (TPSA) is 67.4 Å². The molecule has 0 aliphatic carbocycles. The van der Waals surface area contributed by atoms with Crippen molar-refractivity contribution in [1.29, 1.82) is 0 Å². The van der Waals surface area contributed by atoms with Gasteiger partial charge in [-0.15, -0.1) is 0 Å². The van der Waals surface area contributed by atoms with Crippen LogP contribution in [0.25, 0.3) is 0 Å². The van der Waals surface area contributed by atoms with Crippen LogP contribution in [0.1, 0.15) is 32.6 Å². The Kier molecular flexibility index (Phi) is 6.02. The quantitative estimate of drug-likeness (QED) is 0.807. The molecule has 118 valence electrons. The number of rotatable bonds is 7. The van der Waals surface area contributed by atoms with Gasteiger partial charge in [0.1, 0.15) is 12.4 Å². The third-order valence-corrected chi connectivity index (χ3v) is 5.02. The van der Waals surface area contributed by atoms with Gasteiger partial charge >= 0.3 is 0 Å². The first-order valence-electron chi connectivity index (χ1n) is 7.58. The molecule has 2 rings (SSSR count). The number of hydrogen-bond acceptors (Lipinski definition) is 4. The normalized spacial score (nSPS) is 19.4. The predicted octanol–water partition coefficient (Wildman–Crippen LogP) is 1.90. The first-order valence-corrected chi connectivity index (χ1v) is 9.06. The molecule has 0 radical (unpaired) electrons. The number of hydrogen-bond donors (Lipinski definition) is 2. The zero-order valence-electron chi connectivity index (χ0n) is 12.5. The van der Waals surface area contributed by atoms with E-state index in [0.717, 1.165) is 19.4 Å². The molecule has 1 saturated heterocycles. The molecule has 0 spiro atoms. The monoisotopic (exact) mass is 312 g/mol. The van der Waals surface area contributed by atoms with Gasteiger partial charge in [-0.05, 0) is 50.1 Å². The minimum atomic E-state index is -3.39. The van der Waals surface area contributed by atoms with Crippen LogP contribution in [0.4, 0.5) is 0 Å². The standard InChI is InChI=1S/C15H24N2O3S/c1-2-10-17-21(18,19)15-8-6-14(7-9-15)20-12-13-5-3-4-11-16-13/h6-9,13,16-17H,2-5,10-12H2,1H3. The second kappa shape index (κ2) is 7.77. The van der Waals surface area contributed by atoms with Crippen LogP contribution < -0.4 is 14.8 Å². The van der Waals surface area contributed by atoms with Crippen molar-refractivity contribution in [3.63, 3.8) is 0 Å². The molecule has 1 aromatic carbocycles. The highest BCUT2D eigenvalue weighted by molar-refractivity contribution is 7.89. The predicted molar refractivity (Wildman–Crippen MR) is 83.1 cm³/mol. The Morgan fingerprint density at radius 3 is 2.67 bits per heavy atom. The molecule has 6 heteroatoms. The fourth-order valence-corrected chi connectivity index (χ4v) is 3.43. The summed E-state index contributed by atoms with van der Waals surface area (Å²) >= 11 is 0. The first kappa shape index (κ1) is 16.3. The van der Waals surface area contributed by atoms with E-state index in [1.54, 1.807) is 24.3 Å². The van der Waals surface area contributed by atoms with Crippen LogP contribution in [0.5, 0.6) is 5.75 Å². The number of ether oxygens (including phenoxy) is 1. The highest BCUT2D eigenvalue weighted by atomic mass is 32.2. The van der Waals surface area contributed by atoms with Crippen LogP contribution in [0.15, 0.2) is 29.2 Å². The van der Waals surface area contributed by atoms with E-state index in [0.29, 0.717) is 24.9 Å². The van der Waals surface area contributed by atoms with Gasteiger partial charge in [-0.2, -0.15) is 0 Å². The number of piperidine rings is 1. The van der Waals surface area contributed by atoms with Crippen LogP contribution in [0.2, 0.25) is 0 Å². The van der Waals surface area contributed by atoms with Gasteiger partial charge < -0.3 is 10.1 Å². The fraction of sp³-hybridized carbons (Fsp3) is 0.600. The SMILES string of the molecule is CCCNS(=O)(=O)c1ccc(OCC2CCCCN2)cc1. The zero-order chi connectivity index (χ0) is 15.1. The molecule has 0 aromatic heterocycles. The average Bonchev–Trinajstić information content (AvgIpc) is 2.52. The molecule has 0 saturated carbocycles. The highest BCUT2D eigenvalue weighted by Crippen LogP contribution is 2.17. The van der Waals surface area contributed by atoms with Crippen molar-refractivity contribution >= 4 is 10.0 Å². The van der Waals surface area contributed by atoms with Gasteiger partial charge in [0, 0.05) is 12.6 Å². The first-order chi connectivity index (χ1) is 10.1. The molecule has 0 amide bonds. The van der Waals surface area contributed by atoms with E-state index >= 15 is 0 Å². The Balaban J connectivity index is 1.89. The van der Waals surface area contributed by atoms with Crippen molar-refractivity contribution in [1.82, 2.24) is 10.0 Å². The summed E-state index contributed by atoms with van der Waals surface area (Å²) < 4.78 is 32.2. The third kappa shape index (κ3) is 4.98. The molecule has 0 bridgehead atoms. The molecule has 1 fully saturated rings. The molecule has 1 aliphatic rings. The zero-order valence-corrected chi connectivity index (χ0v) is 13.3. The molecule has 1 atom stereocenters. The second-order valence-corrected chi connectivity index (χ2v) is 7.09. The van der Waals surface area contributed by atoms with Crippen LogP contribution in [-0.4, -0.2) is 34.2 Å². The number of nitrogens with one attached hydrogen (secondary N) is 2. The maximum atomic E-state index is 11.9. The summed E-state index contributed by atoms with van der Waals surface area (Å²) in [6.07, 6.45) is 4.37. The minimum absolute atomic E-state index is 0.277. The summed E-state index contributed by atoms with van der Waals surface area (Å²) in [6.45, 7) is 4.06. The molecule has 1 aromatic rings. The highest BCUT2D eigenvalue weighted by Gasteiger charge is 2.14. The van der Waals surface area contributed by atoms with E-state index in [4.69, 9.17) is 4.74 Å². The molecule has 1 unspecified atom stereocenters. The summed E-state index contributed by atoms with van der Waals surface area (Å²) in [5, 5.41) is 3.42. The van der Waals surface area contributed by atoms with Crippen molar-refractivity contribution in [3.05, 3.63) is 24.3 Å². The van der Waals surface area contributed by atoms with Crippen LogP contribution in [0, 0.1) is 0 Å². The number of sulfonamides is 1. The molecule has 5 nitrogen and oxygen atoms in total. The van der Waals surface area contributed by atoms with E-state index in [1.807, 2.05) is 6.92 Å². The maximum absolute atomic E-state index is 11.9. The van der Waals surface area contributed by atoms with Crippen molar-refractivity contribution in [3.8, 4) is 5.75 Å². The van der Waals surface area contributed by atoms with Gasteiger partial charge in [-0.3, -0.25) is 0 Å². The van der Waals surface area contributed by atoms with Crippen LogP contribution >= 0.6 is 0 Å². The molecule has 1 aliphatic heterocycles. The van der Waals surface area contributed by atoms with Gasteiger partial charge in [0.25, 0.3) is 0 Å². The lowest BCUT2D eigenvalue weighted by Gasteiger charge is -2.23. The Morgan fingerprint density at radius 1 is 1.29 bits per heavy atom. The van der Waals surface area contributed by atoms with Gasteiger partial charge in [0.05, 0.1) is 4.90 Å². The number of benzene rings is 1. The van der Waals surface area contributed by atoms with Gasteiger partial charge in [0.15, 0.2) is 0 Å². The average molecular weight is 312 g/mol. The van der Waals surface area contributed by atoms with E-state index < -0.39 is 10.0 Å². The molecular formula is C15H24N2O3S. The van der Waals surface area contributed by atoms with Crippen molar-refractivity contribution in [2.24, 2.45) is 0 Å². The Morgan fingerprint density at radius 2 is 2.05 bits per heavy atom. The Bertz CT molecular complexity index is 522. The lowest BCUT2D eigenvalue weighted by atomic mass is 10.1. The summed E-state index contributed by atoms with van der Waals surface area (Å²) in [7, 11) is -3.39. The molecular weight excluding hydrogens is 288 g/mol. The smallest absolute Gasteiger partial charge is 0.240 e. The summed E-state index contributed by atoms with van der Waals surface area (Å²) in [5.74, 6) is 0.705. The fourth-order valence-electron chi connectivity index (χ4n) is 2.30. The lowest BCUT2D eigenvalue weighted by Crippen LogP contribution is -2.38. The maximum Gasteiger partial charge on any atom is 0.240 e. The van der Waals surface area contributed by atoms with Gasteiger partial charge in [0.2, 0.25) is 10.0 Å². The Hall–Kier alpha value is -1.11. The molecule has 2 N–H and O–H groups in total. The van der Waals surface area contributed by atoms with E-state index in [1.165, 1.54) is 12.8 Å². The summed E-state index contributed by atoms with van der Waals surface area (Å²) in [4.78, 5) is 0.277. The van der Waals surface area contributed by atoms with Gasteiger partial charge in [-0.25, -0.2) is 13.1 Å². The lowest BCUT2D eigenvalue weighted by molar-refractivity contribution is 0.239. The van der Waals surface area contributed by atoms with Crippen molar-refractivity contribution < 1.29 is 13.2 Å². The largest absolute Gasteiger partial charge is 0.492 e. The van der Waals surface area contributed by atoms with Crippen LogP contribution in [0.3, 0.4) is 0 Å². The van der Waals surface area contributed by atoms with E-state index in [9.17, 15) is 8.42 Å². The van der Waals surface area contributed by atoms with E-state index in [-0.39, 0.29) is 4.90 Å². The Labute approximate surface area is 127 Å². The summed E-state index contributed by atoms with van der Waals surface area (Å²) in [6, 6.07) is 6.99. The third-order valence-electron chi connectivity index (χ3n) is 3.54. The second-order valence-electron chi connectivity index (χ2n) is 5.33. The van der Waals surface area contributed by atoms with Crippen LogP contribution in [-0.2, 0) is 10.0 Å². The van der Waals surface area contributed by atoms with Crippen molar-refractivity contribution in [2.75, 3.05) is 19.7 Å². The minimum Gasteiger partial charge on any atom is -0.492 e. The summed E-state index contributed by atoms with van der Waals surface area (Å²) in [5.41, 5.74) is 0. The van der Waals surface area contributed by atoms with E-state index in [2.05, 4.69) is 10.0 Å². The van der Waals surface area contributed by atoms with Gasteiger partial charge in [-0.1, -0.05) is 13.3 Å². The molecule has 21 heavy (non-hydrogen) atoms. The molecule has 1 heterocycles.